The van der Waals surface area contributed by atoms with Crippen molar-refractivity contribution in [1.29, 1.82) is 0 Å². The van der Waals surface area contributed by atoms with Crippen LogP contribution >= 0.6 is 23.2 Å². The van der Waals surface area contributed by atoms with Gasteiger partial charge in [-0.2, -0.15) is 0 Å². The van der Waals surface area contributed by atoms with Crippen LogP contribution in [0.2, 0.25) is 10.0 Å². The SMILES string of the molecule is C=C(O)C1(O)CC(=O)OC1CCCCCCCCc1ccc(Cl)cc1Cl. The lowest BCUT2D eigenvalue weighted by Crippen LogP contribution is -2.39. The number of carbonyl (C=O) groups excluding carboxylic acids is 1. The summed E-state index contributed by atoms with van der Waals surface area (Å²) in [5.41, 5.74) is -0.503. The highest BCUT2D eigenvalue weighted by Crippen LogP contribution is 2.34. The number of aliphatic hydroxyl groups excluding tert-OH is 1. The van der Waals surface area contributed by atoms with E-state index in [0.717, 1.165) is 55.5 Å². The Labute approximate surface area is 164 Å². The second-order valence-electron chi connectivity index (χ2n) is 6.92. The zero-order valence-corrected chi connectivity index (χ0v) is 16.4. The van der Waals surface area contributed by atoms with Crippen molar-refractivity contribution in [2.75, 3.05) is 0 Å². The van der Waals surface area contributed by atoms with Crippen LogP contribution in [-0.4, -0.2) is 27.9 Å². The van der Waals surface area contributed by atoms with Crippen molar-refractivity contribution in [1.82, 2.24) is 0 Å². The van der Waals surface area contributed by atoms with Gasteiger partial charge < -0.3 is 14.9 Å². The van der Waals surface area contributed by atoms with Gasteiger partial charge in [0.1, 0.15) is 11.9 Å². The van der Waals surface area contributed by atoms with Gasteiger partial charge in [0, 0.05) is 10.0 Å². The summed E-state index contributed by atoms with van der Waals surface area (Å²) in [6, 6.07) is 5.61. The fraction of sp³-hybridized carbons (Fsp3) is 0.550. The molecule has 0 amide bonds. The van der Waals surface area contributed by atoms with Crippen molar-refractivity contribution in [3.63, 3.8) is 0 Å². The predicted molar refractivity (Wildman–Crippen MR) is 104 cm³/mol. The molecule has 1 aliphatic heterocycles. The number of aliphatic hydroxyl groups is 2. The zero-order valence-electron chi connectivity index (χ0n) is 14.8. The summed E-state index contributed by atoms with van der Waals surface area (Å²) < 4.78 is 5.12. The number of aryl methyl sites for hydroxylation is 1. The van der Waals surface area contributed by atoms with Crippen LogP contribution in [0.4, 0.5) is 0 Å². The molecule has 2 atom stereocenters. The van der Waals surface area contributed by atoms with E-state index in [4.69, 9.17) is 27.9 Å². The molecule has 2 N–H and O–H groups in total. The van der Waals surface area contributed by atoms with Crippen molar-refractivity contribution >= 4 is 29.2 Å². The molecule has 26 heavy (non-hydrogen) atoms. The summed E-state index contributed by atoms with van der Waals surface area (Å²) in [5, 5.41) is 21.2. The third kappa shape index (κ3) is 5.63. The molecule has 0 radical (unpaired) electrons. The monoisotopic (exact) mass is 400 g/mol. The number of esters is 1. The molecule has 144 valence electrons. The molecule has 1 fully saturated rings. The number of unbranched alkanes of at least 4 members (excludes halogenated alkanes) is 5. The van der Waals surface area contributed by atoms with Crippen LogP contribution in [0.15, 0.2) is 30.5 Å². The molecule has 1 aromatic carbocycles. The topological polar surface area (TPSA) is 66.8 Å². The first-order valence-electron chi connectivity index (χ1n) is 9.07. The van der Waals surface area contributed by atoms with Crippen molar-refractivity contribution in [3.8, 4) is 0 Å². The van der Waals surface area contributed by atoms with E-state index in [-0.39, 0.29) is 6.42 Å². The third-order valence-electron chi connectivity index (χ3n) is 4.90. The van der Waals surface area contributed by atoms with Gasteiger partial charge in [-0.1, -0.05) is 61.5 Å². The lowest BCUT2D eigenvalue weighted by molar-refractivity contribution is -0.142. The van der Waals surface area contributed by atoms with Crippen LogP contribution in [0, 0.1) is 0 Å². The molecule has 1 aromatic rings. The minimum absolute atomic E-state index is 0.222. The molecule has 1 saturated heterocycles. The number of carbonyl (C=O) groups is 1. The molecular formula is C20H26Cl2O4. The maximum atomic E-state index is 11.4. The zero-order chi connectivity index (χ0) is 19.2. The van der Waals surface area contributed by atoms with E-state index in [9.17, 15) is 15.0 Å². The smallest absolute Gasteiger partial charge is 0.309 e. The van der Waals surface area contributed by atoms with E-state index < -0.39 is 23.4 Å². The summed E-state index contributed by atoms with van der Waals surface area (Å²) in [6.07, 6.45) is 6.77. The van der Waals surface area contributed by atoms with E-state index in [0.29, 0.717) is 11.4 Å². The van der Waals surface area contributed by atoms with E-state index in [1.165, 1.54) is 0 Å². The maximum Gasteiger partial charge on any atom is 0.309 e. The molecule has 2 rings (SSSR count). The Morgan fingerprint density at radius 2 is 1.85 bits per heavy atom. The van der Waals surface area contributed by atoms with Crippen LogP contribution in [0.3, 0.4) is 0 Å². The average Bonchev–Trinajstić information content (AvgIpc) is 2.87. The van der Waals surface area contributed by atoms with Crippen LogP contribution in [-0.2, 0) is 16.0 Å². The normalized spacial score (nSPS) is 22.4. The lowest BCUT2D eigenvalue weighted by atomic mass is 9.90. The van der Waals surface area contributed by atoms with Crippen molar-refractivity contribution in [2.45, 2.75) is 69.5 Å². The molecule has 0 saturated carbocycles. The molecule has 6 heteroatoms. The van der Waals surface area contributed by atoms with Gasteiger partial charge in [-0.15, -0.1) is 0 Å². The molecule has 1 aliphatic rings. The van der Waals surface area contributed by atoms with Gasteiger partial charge in [0.2, 0.25) is 0 Å². The first-order chi connectivity index (χ1) is 12.3. The van der Waals surface area contributed by atoms with Gasteiger partial charge in [0.15, 0.2) is 5.60 Å². The highest BCUT2D eigenvalue weighted by Gasteiger charge is 2.50. The predicted octanol–water partition coefficient (Wildman–Crippen LogP) is 5.38. The van der Waals surface area contributed by atoms with Crippen molar-refractivity contribution in [3.05, 3.63) is 46.1 Å². The number of cyclic esters (lactones) is 1. The second-order valence-corrected chi connectivity index (χ2v) is 7.77. The van der Waals surface area contributed by atoms with E-state index >= 15 is 0 Å². The number of rotatable bonds is 10. The summed E-state index contributed by atoms with van der Waals surface area (Å²) >= 11 is 12.1. The quantitative estimate of drug-likeness (QED) is 0.314. The standard InChI is InChI=1S/C20H26Cl2O4/c1-14(23)20(25)13-19(24)26-18(20)9-7-5-3-2-4-6-8-15-10-11-16(21)12-17(15)22/h10-12,18,23,25H,1-9,13H2. The Bertz CT molecular complexity index is 647. The number of ether oxygens (including phenoxy) is 1. The van der Waals surface area contributed by atoms with Crippen LogP contribution in [0.1, 0.15) is 56.9 Å². The second kappa shape index (κ2) is 9.63. The molecule has 0 bridgehead atoms. The first kappa shape index (κ1) is 21.1. The average molecular weight is 401 g/mol. The van der Waals surface area contributed by atoms with E-state index in [2.05, 4.69) is 6.58 Å². The Morgan fingerprint density at radius 3 is 2.50 bits per heavy atom. The highest BCUT2D eigenvalue weighted by molar-refractivity contribution is 6.35. The molecule has 0 spiro atoms. The largest absolute Gasteiger partial charge is 0.510 e. The lowest BCUT2D eigenvalue weighted by Gasteiger charge is -2.25. The van der Waals surface area contributed by atoms with Crippen molar-refractivity contribution < 1.29 is 19.7 Å². The number of hydrogen-bond donors (Lipinski definition) is 2. The van der Waals surface area contributed by atoms with Gasteiger partial charge in [-0.25, -0.2) is 0 Å². The van der Waals surface area contributed by atoms with Crippen LogP contribution in [0.25, 0.3) is 0 Å². The third-order valence-corrected chi connectivity index (χ3v) is 5.48. The van der Waals surface area contributed by atoms with Crippen LogP contribution < -0.4 is 0 Å². The number of halogens is 2. The minimum atomic E-state index is -1.63. The van der Waals surface area contributed by atoms with Crippen LogP contribution in [0.5, 0.6) is 0 Å². The highest BCUT2D eigenvalue weighted by atomic mass is 35.5. The fourth-order valence-corrected chi connectivity index (χ4v) is 3.80. The van der Waals surface area contributed by atoms with Gasteiger partial charge in [0.25, 0.3) is 0 Å². The van der Waals surface area contributed by atoms with Gasteiger partial charge >= 0.3 is 5.97 Å². The molecule has 2 unspecified atom stereocenters. The Kier molecular flexibility index (Phi) is 7.81. The summed E-state index contributed by atoms with van der Waals surface area (Å²) in [7, 11) is 0. The summed E-state index contributed by atoms with van der Waals surface area (Å²) in [4.78, 5) is 11.4. The Morgan fingerprint density at radius 1 is 1.19 bits per heavy atom. The van der Waals surface area contributed by atoms with Gasteiger partial charge in [-0.05, 0) is 43.4 Å². The molecular weight excluding hydrogens is 375 g/mol. The Balaban J connectivity index is 1.58. The molecule has 0 aliphatic carbocycles. The molecule has 4 nitrogen and oxygen atoms in total. The van der Waals surface area contributed by atoms with Crippen molar-refractivity contribution in [2.24, 2.45) is 0 Å². The summed E-state index contributed by atoms with van der Waals surface area (Å²) in [5.74, 6) is -0.886. The fourth-order valence-electron chi connectivity index (χ4n) is 3.29. The van der Waals surface area contributed by atoms with Gasteiger partial charge in [0.05, 0.1) is 6.42 Å². The number of hydrogen-bond acceptors (Lipinski definition) is 4. The first-order valence-corrected chi connectivity index (χ1v) is 9.82. The minimum Gasteiger partial charge on any atom is -0.510 e. The van der Waals surface area contributed by atoms with E-state index in [1.54, 1.807) is 6.07 Å². The number of benzene rings is 1. The van der Waals surface area contributed by atoms with Gasteiger partial charge in [-0.3, -0.25) is 4.79 Å². The summed E-state index contributed by atoms with van der Waals surface area (Å²) in [6.45, 7) is 3.36. The molecule has 1 heterocycles. The molecule has 0 aromatic heterocycles. The maximum absolute atomic E-state index is 11.4. The van der Waals surface area contributed by atoms with E-state index in [1.807, 2.05) is 12.1 Å². The Hall–Kier alpha value is -1.23.